The first-order chi connectivity index (χ1) is 9.49. The predicted molar refractivity (Wildman–Crippen MR) is 72.6 cm³/mol. The van der Waals surface area contributed by atoms with Crippen molar-refractivity contribution in [2.45, 2.75) is 6.92 Å². The molecule has 0 spiro atoms. The zero-order valence-corrected chi connectivity index (χ0v) is 11.0. The van der Waals surface area contributed by atoms with Gasteiger partial charge in [0.2, 0.25) is 0 Å². The lowest BCUT2D eigenvalue weighted by Crippen LogP contribution is -2.11. The number of hydrogen-bond donors (Lipinski definition) is 2. The Hall–Kier alpha value is -2.94. The second-order valence-corrected chi connectivity index (χ2v) is 4.27. The van der Waals surface area contributed by atoms with Crippen LogP contribution in [0.25, 0.3) is 5.69 Å². The number of anilines is 1. The van der Waals surface area contributed by atoms with Gasteiger partial charge < -0.3 is 20.1 Å². The number of rotatable bonds is 2. The van der Waals surface area contributed by atoms with Crippen LogP contribution >= 0.6 is 0 Å². The van der Waals surface area contributed by atoms with Gasteiger partial charge in [-0.2, -0.15) is 5.26 Å². The maximum Gasteiger partial charge on any atom is 0.357 e. The number of nitrogens with two attached hydrogens (primary N) is 1. The number of phenols is 1. The van der Waals surface area contributed by atoms with Crippen molar-refractivity contribution in [2.75, 3.05) is 12.8 Å². The van der Waals surface area contributed by atoms with Crippen LogP contribution in [0.15, 0.2) is 24.4 Å². The summed E-state index contributed by atoms with van der Waals surface area (Å²) in [5.74, 6) is -0.696. The minimum Gasteiger partial charge on any atom is -0.506 e. The van der Waals surface area contributed by atoms with Crippen molar-refractivity contribution in [2.24, 2.45) is 0 Å². The second-order valence-electron chi connectivity index (χ2n) is 4.27. The van der Waals surface area contributed by atoms with E-state index in [4.69, 9.17) is 11.0 Å². The highest BCUT2D eigenvalue weighted by molar-refractivity contribution is 5.96. The van der Waals surface area contributed by atoms with Gasteiger partial charge in [-0.25, -0.2) is 4.79 Å². The number of nitriles is 1. The van der Waals surface area contributed by atoms with Crippen molar-refractivity contribution in [3.8, 4) is 17.5 Å². The Kier molecular flexibility index (Phi) is 3.36. The predicted octanol–water partition coefficient (Wildman–Crippen LogP) is 1.73. The Morgan fingerprint density at radius 1 is 1.50 bits per heavy atom. The molecule has 20 heavy (non-hydrogen) atoms. The zero-order chi connectivity index (χ0) is 14.9. The third-order valence-electron chi connectivity index (χ3n) is 2.93. The first-order valence-corrected chi connectivity index (χ1v) is 5.78. The molecule has 0 saturated carbocycles. The van der Waals surface area contributed by atoms with Gasteiger partial charge in [0.05, 0.1) is 24.0 Å². The van der Waals surface area contributed by atoms with E-state index in [2.05, 4.69) is 4.74 Å². The van der Waals surface area contributed by atoms with Gasteiger partial charge in [-0.3, -0.25) is 0 Å². The number of nitrogens with zero attached hydrogens (tertiary/aromatic N) is 2. The van der Waals surface area contributed by atoms with E-state index in [1.165, 1.54) is 17.9 Å². The van der Waals surface area contributed by atoms with Gasteiger partial charge in [-0.05, 0) is 24.6 Å². The molecule has 0 aliphatic heterocycles. The molecule has 0 unspecified atom stereocenters. The fourth-order valence-corrected chi connectivity index (χ4v) is 1.94. The summed E-state index contributed by atoms with van der Waals surface area (Å²) in [6, 6.07) is 6.87. The number of aromatic nitrogens is 1. The average molecular weight is 271 g/mol. The van der Waals surface area contributed by atoms with Crippen LogP contribution in [0.1, 0.15) is 21.6 Å². The summed E-state index contributed by atoms with van der Waals surface area (Å²) in [7, 11) is 1.22. The van der Waals surface area contributed by atoms with Crippen LogP contribution in [0.4, 0.5) is 5.69 Å². The smallest absolute Gasteiger partial charge is 0.357 e. The molecule has 2 rings (SSSR count). The van der Waals surface area contributed by atoms with Crippen molar-refractivity contribution >= 4 is 11.7 Å². The highest BCUT2D eigenvalue weighted by Gasteiger charge is 2.22. The Morgan fingerprint density at radius 3 is 2.75 bits per heavy atom. The Balaban J connectivity index is 2.74. The van der Waals surface area contributed by atoms with Crippen molar-refractivity contribution in [3.63, 3.8) is 0 Å². The molecule has 0 aliphatic carbocycles. The number of carbonyl (C=O) groups excluding carboxylic acids is 1. The Morgan fingerprint density at radius 2 is 2.20 bits per heavy atom. The molecule has 0 amide bonds. The van der Waals surface area contributed by atoms with Gasteiger partial charge in [-0.1, -0.05) is 6.07 Å². The molecule has 1 aromatic carbocycles. The number of benzene rings is 1. The fraction of sp³-hybridized carbons (Fsp3) is 0.143. The maximum atomic E-state index is 11.8. The quantitative estimate of drug-likeness (QED) is 0.810. The van der Waals surface area contributed by atoms with Crippen LogP contribution < -0.4 is 5.73 Å². The van der Waals surface area contributed by atoms with Crippen molar-refractivity contribution in [1.29, 1.82) is 5.26 Å². The first kappa shape index (κ1) is 13.5. The van der Waals surface area contributed by atoms with Crippen LogP contribution in [-0.2, 0) is 4.74 Å². The first-order valence-electron chi connectivity index (χ1n) is 5.78. The van der Waals surface area contributed by atoms with Gasteiger partial charge >= 0.3 is 5.97 Å². The van der Waals surface area contributed by atoms with Crippen molar-refractivity contribution < 1.29 is 14.6 Å². The average Bonchev–Trinajstić information content (AvgIpc) is 2.74. The molecule has 0 radical (unpaired) electrons. The molecule has 6 heteroatoms. The Labute approximate surface area is 115 Å². The van der Waals surface area contributed by atoms with Crippen LogP contribution in [0.3, 0.4) is 0 Å². The standard InChI is InChI=1S/C14H13N3O3/c1-8-3-4-10(11(18)5-8)17-7-9(6-15)12(16)13(17)14(19)20-2/h3-5,7,18H,16H2,1-2H3. The summed E-state index contributed by atoms with van der Waals surface area (Å²) in [6.07, 6.45) is 1.39. The van der Waals surface area contributed by atoms with Crippen LogP contribution in [0.5, 0.6) is 5.75 Å². The Bertz CT molecular complexity index is 726. The van der Waals surface area contributed by atoms with Gasteiger partial charge in [0, 0.05) is 6.20 Å². The molecular weight excluding hydrogens is 258 g/mol. The number of nitrogen functional groups attached to an aromatic ring is 1. The van der Waals surface area contributed by atoms with E-state index < -0.39 is 5.97 Å². The SMILES string of the molecule is COC(=O)c1c(N)c(C#N)cn1-c1ccc(C)cc1O. The van der Waals surface area contributed by atoms with E-state index in [9.17, 15) is 9.90 Å². The second kappa shape index (κ2) is 4.97. The minimum atomic E-state index is -0.677. The van der Waals surface area contributed by atoms with Crippen molar-refractivity contribution in [3.05, 3.63) is 41.2 Å². The molecule has 1 aromatic heterocycles. The molecule has 0 atom stereocenters. The van der Waals surface area contributed by atoms with Crippen LogP contribution in [-0.4, -0.2) is 22.8 Å². The summed E-state index contributed by atoms with van der Waals surface area (Å²) in [5.41, 5.74) is 7.19. The molecule has 0 aliphatic rings. The van der Waals surface area contributed by atoms with Gasteiger partial charge in [0.25, 0.3) is 0 Å². The van der Waals surface area contributed by atoms with Crippen LogP contribution in [0, 0.1) is 18.3 Å². The van der Waals surface area contributed by atoms with E-state index in [0.717, 1.165) is 5.56 Å². The molecule has 0 bridgehead atoms. The topological polar surface area (TPSA) is 101 Å². The summed E-state index contributed by atoms with van der Waals surface area (Å²) >= 11 is 0. The monoisotopic (exact) mass is 271 g/mol. The molecule has 6 nitrogen and oxygen atoms in total. The van der Waals surface area contributed by atoms with Gasteiger partial charge in [0.1, 0.15) is 11.8 Å². The van der Waals surface area contributed by atoms with E-state index >= 15 is 0 Å². The number of esters is 1. The third kappa shape index (κ3) is 2.06. The number of aryl methyl sites for hydroxylation is 1. The highest BCUT2D eigenvalue weighted by atomic mass is 16.5. The van der Waals surface area contributed by atoms with Gasteiger partial charge in [0.15, 0.2) is 5.69 Å². The number of methoxy groups -OCH3 is 1. The minimum absolute atomic E-state index is 0.0169. The number of aromatic hydroxyl groups is 1. The third-order valence-corrected chi connectivity index (χ3v) is 2.93. The summed E-state index contributed by atoms with van der Waals surface area (Å²) < 4.78 is 6.03. The number of ether oxygens (including phenoxy) is 1. The number of phenolic OH excluding ortho intramolecular Hbond substituents is 1. The lowest BCUT2D eigenvalue weighted by Gasteiger charge is -2.10. The number of hydrogen-bond acceptors (Lipinski definition) is 5. The van der Waals surface area contributed by atoms with Crippen molar-refractivity contribution in [1.82, 2.24) is 4.57 Å². The zero-order valence-electron chi connectivity index (χ0n) is 11.0. The normalized spacial score (nSPS) is 10.1. The lowest BCUT2D eigenvalue weighted by molar-refractivity contribution is 0.0593. The summed E-state index contributed by atoms with van der Waals surface area (Å²) in [5, 5.41) is 19.0. The van der Waals surface area contributed by atoms with E-state index in [1.807, 2.05) is 13.0 Å². The molecular formula is C14H13N3O3. The van der Waals surface area contributed by atoms with Crippen LogP contribution in [0.2, 0.25) is 0 Å². The molecule has 3 N–H and O–H groups in total. The van der Waals surface area contributed by atoms with E-state index in [0.29, 0.717) is 5.69 Å². The molecule has 102 valence electrons. The maximum absolute atomic E-state index is 11.8. The molecule has 0 fully saturated rings. The number of carbonyl (C=O) groups is 1. The van der Waals surface area contributed by atoms with E-state index in [-0.39, 0.29) is 22.7 Å². The largest absolute Gasteiger partial charge is 0.506 e. The highest BCUT2D eigenvalue weighted by Crippen LogP contribution is 2.29. The van der Waals surface area contributed by atoms with E-state index in [1.54, 1.807) is 18.2 Å². The molecule has 2 aromatic rings. The summed E-state index contributed by atoms with van der Waals surface area (Å²) in [4.78, 5) is 11.8. The van der Waals surface area contributed by atoms with Gasteiger partial charge in [-0.15, -0.1) is 0 Å². The lowest BCUT2D eigenvalue weighted by atomic mass is 10.2. The fourth-order valence-electron chi connectivity index (χ4n) is 1.94. The molecule has 0 saturated heterocycles. The molecule has 1 heterocycles. The summed E-state index contributed by atoms with van der Waals surface area (Å²) in [6.45, 7) is 1.83.